The van der Waals surface area contributed by atoms with Gasteiger partial charge in [0.25, 0.3) is 0 Å². The van der Waals surface area contributed by atoms with Crippen LogP contribution in [0, 0.1) is 18.8 Å². The van der Waals surface area contributed by atoms with Gasteiger partial charge in [0.1, 0.15) is 0 Å². The highest BCUT2D eigenvalue weighted by Crippen LogP contribution is 2.40. The molecular weight excluding hydrogens is 336 g/mol. The molecule has 1 aliphatic rings. The molecular formula is C20H21ClN2O2. The van der Waals surface area contributed by atoms with E-state index in [4.69, 9.17) is 11.6 Å². The minimum Gasteiger partial charge on any atom is -0.326 e. The first kappa shape index (κ1) is 17.5. The number of halogens is 1. The lowest BCUT2D eigenvalue weighted by molar-refractivity contribution is -0.122. The first-order valence-corrected chi connectivity index (χ1v) is 8.82. The topological polar surface area (TPSA) is 58.2 Å². The van der Waals surface area contributed by atoms with Crippen LogP contribution in [0.1, 0.15) is 24.5 Å². The van der Waals surface area contributed by atoms with Crippen LogP contribution in [0.15, 0.2) is 42.5 Å². The summed E-state index contributed by atoms with van der Waals surface area (Å²) < 4.78 is 0. The van der Waals surface area contributed by atoms with E-state index >= 15 is 0 Å². The zero-order valence-electron chi connectivity index (χ0n) is 14.3. The number of rotatable bonds is 5. The van der Waals surface area contributed by atoms with E-state index in [0.29, 0.717) is 17.1 Å². The van der Waals surface area contributed by atoms with Crippen molar-refractivity contribution in [1.82, 2.24) is 0 Å². The highest BCUT2D eigenvalue weighted by atomic mass is 35.5. The smallest absolute Gasteiger partial charge is 0.228 e. The Bertz CT molecular complexity index is 802. The molecule has 1 saturated carbocycles. The number of benzene rings is 2. The third-order valence-corrected chi connectivity index (χ3v) is 4.94. The molecule has 2 amide bonds. The SMILES string of the molecule is CCc1ccc(NC(=O)C2CC2C(=O)Nc2ccc(C)c(Cl)c2)cc1. The van der Waals surface area contributed by atoms with E-state index in [1.807, 2.05) is 43.3 Å². The van der Waals surface area contributed by atoms with E-state index in [1.54, 1.807) is 6.07 Å². The van der Waals surface area contributed by atoms with Gasteiger partial charge in [-0.05, 0) is 55.2 Å². The van der Waals surface area contributed by atoms with Crippen LogP contribution in [0.3, 0.4) is 0 Å². The fourth-order valence-corrected chi connectivity index (χ4v) is 2.92. The van der Waals surface area contributed by atoms with Crippen LogP contribution in [0.4, 0.5) is 11.4 Å². The van der Waals surface area contributed by atoms with Gasteiger partial charge in [-0.1, -0.05) is 36.7 Å². The van der Waals surface area contributed by atoms with Gasteiger partial charge in [0.05, 0.1) is 11.8 Å². The first-order chi connectivity index (χ1) is 12.0. The quantitative estimate of drug-likeness (QED) is 0.832. The molecule has 2 aromatic rings. The molecule has 0 radical (unpaired) electrons. The third kappa shape index (κ3) is 4.20. The van der Waals surface area contributed by atoms with Gasteiger partial charge in [0.2, 0.25) is 11.8 Å². The standard InChI is InChI=1S/C20H21ClN2O2/c1-3-13-5-8-14(9-6-13)22-19(24)16-11-17(16)20(25)23-15-7-4-12(2)18(21)10-15/h4-10,16-17H,3,11H2,1-2H3,(H,22,24)(H,23,25). The number of carbonyl (C=O) groups is 2. The van der Waals surface area contributed by atoms with Gasteiger partial charge >= 0.3 is 0 Å². The van der Waals surface area contributed by atoms with E-state index in [-0.39, 0.29) is 23.7 Å². The van der Waals surface area contributed by atoms with Crippen molar-refractivity contribution < 1.29 is 9.59 Å². The molecule has 0 saturated heterocycles. The largest absolute Gasteiger partial charge is 0.326 e. The van der Waals surface area contributed by atoms with E-state index in [9.17, 15) is 9.59 Å². The van der Waals surface area contributed by atoms with Crippen molar-refractivity contribution in [3.8, 4) is 0 Å². The van der Waals surface area contributed by atoms with E-state index in [1.165, 1.54) is 5.56 Å². The molecule has 1 aliphatic carbocycles. The van der Waals surface area contributed by atoms with Gasteiger partial charge in [0.15, 0.2) is 0 Å². The number of anilines is 2. The fraction of sp³-hybridized carbons (Fsp3) is 0.300. The minimum absolute atomic E-state index is 0.105. The monoisotopic (exact) mass is 356 g/mol. The highest BCUT2D eigenvalue weighted by Gasteiger charge is 2.48. The zero-order chi connectivity index (χ0) is 18.0. The highest BCUT2D eigenvalue weighted by molar-refractivity contribution is 6.31. The Hall–Kier alpha value is -2.33. The van der Waals surface area contributed by atoms with Crippen LogP contribution in [0.2, 0.25) is 5.02 Å². The number of hydrogen-bond donors (Lipinski definition) is 2. The molecule has 130 valence electrons. The number of hydrogen-bond acceptors (Lipinski definition) is 2. The molecule has 0 bridgehead atoms. The van der Waals surface area contributed by atoms with Crippen molar-refractivity contribution in [1.29, 1.82) is 0 Å². The van der Waals surface area contributed by atoms with E-state index < -0.39 is 0 Å². The maximum absolute atomic E-state index is 12.3. The first-order valence-electron chi connectivity index (χ1n) is 8.44. The van der Waals surface area contributed by atoms with Crippen molar-refractivity contribution in [2.75, 3.05) is 10.6 Å². The normalized spacial score (nSPS) is 18.5. The number of amides is 2. The second kappa shape index (κ2) is 7.28. The molecule has 3 rings (SSSR count). The third-order valence-electron chi connectivity index (χ3n) is 4.53. The summed E-state index contributed by atoms with van der Waals surface area (Å²) in [5, 5.41) is 6.32. The van der Waals surface area contributed by atoms with Crippen LogP contribution in [0.25, 0.3) is 0 Å². The van der Waals surface area contributed by atoms with Gasteiger partial charge < -0.3 is 10.6 Å². The summed E-state index contributed by atoms with van der Waals surface area (Å²) in [6, 6.07) is 13.2. The molecule has 0 aromatic heterocycles. The molecule has 2 unspecified atom stereocenters. The Morgan fingerprint density at radius 2 is 1.56 bits per heavy atom. The lowest BCUT2D eigenvalue weighted by atomic mass is 10.1. The maximum atomic E-state index is 12.3. The van der Waals surface area contributed by atoms with Crippen LogP contribution in [-0.4, -0.2) is 11.8 Å². The van der Waals surface area contributed by atoms with Crippen LogP contribution >= 0.6 is 11.6 Å². The number of aryl methyl sites for hydroxylation is 2. The minimum atomic E-state index is -0.282. The van der Waals surface area contributed by atoms with Crippen LogP contribution in [0.5, 0.6) is 0 Å². The molecule has 0 heterocycles. The predicted octanol–water partition coefficient (Wildman–Crippen LogP) is 4.42. The van der Waals surface area contributed by atoms with Crippen LogP contribution in [-0.2, 0) is 16.0 Å². The Morgan fingerprint density at radius 1 is 1.00 bits per heavy atom. The van der Waals surface area contributed by atoms with Crippen molar-refractivity contribution >= 4 is 34.8 Å². The summed E-state index contributed by atoms with van der Waals surface area (Å²) in [5.41, 5.74) is 3.59. The summed E-state index contributed by atoms with van der Waals surface area (Å²) in [6.45, 7) is 3.99. The average molecular weight is 357 g/mol. The molecule has 5 heteroatoms. The summed E-state index contributed by atoms with van der Waals surface area (Å²) in [7, 11) is 0. The number of carbonyl (C=O) groups excluding carboxylic acids is 2. The van der Waals surface area contributed by atoms with Gasteiger partial charge in [-0.15, -0.1) is 0 Å². The lowest BCUT2D eigenvalue weighted by Gasteiger charge is -2.08. The van der Waals surface area contributed by atoms with E-state index in [2.05, 4.69) is 17.6 Å². The van der Waals surface area contributed by atoms with Gasteiger partial charge in [0, 0.05) is 16.4 Å². The lowest BCUT2D eigenvalue weighted by Crippen LogP contribution is -2.20. The second-order valence-electron chi connectivity index (χ2n) is 6.44. The average Bonchev–Trinajstić information content (AvgIpc) is 3.40. The molecule has 25 heavy (non-hydrogen) atoms. The number of nitrogens with one attached hydrogen (secondary N) is 2. The second-order valence-corrected chi connectivity index (χ2v) is 6.85. The molecule has 2 N–H and O–H groups in total. The van der Waals surface area contributed by atoms with Gasteiger partial charge in [-0.3, -0.25) is 9.59 Å². The summed E-state index contributed by atoms with van der Waals surface area (Å²) in [4.78, 5) is 24.6. The molecule has 0 aliphatic heterocycles. The Balaban J connectivity index is 1.54. The molecule has 4 nitrogen and oxygen atoms in total. The van der Waals surface area contributed by atoms with Gasteiger partial charge in [-0.2, -0.15) is 0 Å². The molecule has 1 fully saturated rings. The summed E-state index contributed by atoms with van der Waals surface area (Å²) in [5.74, 6) is -0.797. The molecule has 0 spiro atoms. The zero-order valence-corrected chi connectivity index (χ0v) is 15.1. The van der Waals surface area contributed by atoms with Crippen molar-refractivity contribution in [3.63, 3.8) is 0 Å². The summed E-state index contributed by atoms with van der Waals surface area (Å²) >= 11 is 6.07. The Morgan fingerprint density at radius 3 is 2.12 bits per heavy atom. The summed E-state index contributed by atoms with van der Waals surface area (Å²) in [6.07, 6.45) is 1.53. The van der Waals surface area contributed by atoms with Crippen LogP contribution < -0.4 is 10.6 Å². The van der Waals surface area contributed by atoms with E-state index in [0.717, 1.165) is 17.7 Å². The Labute approximate surface area is 152 Å². The Kier molecular flexibility index (Phi) is 5.09. The van der Waals surface area contributed by atoms with Gasteiger partial charge in [-0.25, -0.2) is 0 Å². The molecule has 2 atom stereocenters. The fourth-order valence-electron chi connectivity index (χ4n) is 2.74. The molecule has 2 aromatic carbocycles. The van der Waals surface area contributed by atoms with Crippen molar-refractivity contribution in [2.45, 2.75) is 26.7 Å². The predicted molar refractivity (Wildman–Crippen MR) is 101 cm³/mol. The van der Waals surface area contributed by atoms with Crippen molar-refractivity contribution in [3.05, 3.63) is 58.6 Å². The maximum Gasteiger partial charge on any atom is 0.228 e. The van der Waals surface area contributed by atoms with Crippen molar-refractivity contribution in [2.24, 2.45) is 11.8 Å².